The molecule has 1 aliphatic rings. The highest BCUT2D eigenvalue weighted by Crippen LogP contribution is 2.36. The number of carbonyl (C=O) groups is 2. The first-order chi connectivity index (χ1) is 11.4. The second kappa shape index (κ2) is 6.14. The molecule has 0 aliphatic carbocycles. The van der Waals surface area contributed by atoms with Crippen molar-refractivity contribution in [3.63, 3.8) is 0 Å². The highest BCUT2D eigenvalue weighted by Gasteiger charge is 2.46. The first kappa shape index (κ1) is 16.9. The minimum atomic E-state index is -1.05. The molecule has 0 bridgehead atoms. The van der Waals surface area contributed by atoms with Crippen LogP contribution in [0, 0.1) is 18.2 Å². The molecule has 1 atom stereocenters. The van der Waals surface area contributed by atoms with Gasteiger partial charge in [0.1, 0.15) is 11.2 Å². The van der Waals surface area contributed by atoms with E-state index in [0.717, 1.165) is 15.6 Å². The van der Waals surface area contributed by atoms with Gasteiger partial charge < -0.3 is 14.7 Å². The van der Waals surface area contributed by atoms with Crippen LogP contribution in [-0.2, 0) is 9.53 Å². The van der Waals surface area contributed by atoms with Crippen LogP contribution in [0.3, 0.4) is 0 Å². The molecule has 128 valence electrons. The van der Waals surface area contributed by atoms with Gasteiger partial charge in [-0.25, -0.2) is 4.39 Å². The first-order valence-corrected chi connectivity index (χ1v) is 8.40. The van der Waals surface area contributed by atoms with E-state index < -0.39 is 11.4 Å². The molecule has 2 heterocycles. The Bertz CT molecular complexity index is 818. The summed E-state index contributed by atoms with van der Waals surface area (Å²) in [6.07, 6.45) is 0.362. The van der Waals surface area contributed by atoms with Gasteiger partial charge in [0, 0.05) is 24.9 Å². The highest BCUT2D eigenvalue weighted by molar-refractivity contribution is 7.21. The van der Waals surface area contributed by atoms with Crippen molar-refractivity contribution in [1.82, 2.24) is 4.90 Å². The number of rotatable bonds is 4. The first-order valence-electron chi connectivity index (χ1n) is 7.58. The van der Waals surface area contributed by atoms with E-state index in [1.54, 1.807) is 11.0 Å². The number of carboxylic acid groups (broad SMARTS) is 1. The second-order valence-electron chi connectivity index (χ2n) is 6.19. The lowest BCUT2D eigenvalue weighted by Crippen LogP contribution is -2.40. The smallest absolute Gasteiger partial charge is 0.313 e. The van der Waals surface area contributed by atoms with Gasteiger partial charge in [-0.1, -0.05) is 6.07 Å². The number of ether oxygens (including phenoxy) is 1. The molecule has 1 amide bonds. The zero-order valence-corrected chi connectivity index (χ0v) is 14.3. The average molecular weight is 351 g/mol. The maximum atomic E-state index is 13.4. The van der Waals surface area contributed by atoms with Crippen molar-refractivity contribution >= 4 is 33.3 Å². The minimum Gasteiger partial charge on any atom is -0.481 e. The Morgan fingerprint density at radius 2 is 2.21 bits per heavy atom. The highest BCUT2D eigenvalue weighted by atomic mass is 32.1. The van der Waals surface area contributed by atoms with Gasteiger partial charge in [-0.3, -0.25) is 9.59 Å². The summed E-state index contributed by atoms with van der Waals surface area (Å²) < 4.78 is 19.2. The van der Waals surface area contributed by atoms with Crippen LogP contribution in [0.5, 0.6) is 0 Å². The summed E-state index contributed by atoms with van der Waals surface area (Å²) >= 11 is 1.25. The summed E-state index contributed by atoms with van der Waals surface area (Å²) in [5, 5.41) is 10.4. The van der Waals surface area contributed by atoms with Crippen LogP contribution >= 0.6 is 11.3 Å². The minimum absolute atomic E-state index is 0.0721. The van der Waals surface area contributed by atoms with Crippen LogP contribution < -0.4 is 0 Å². The van der Waals surface area contributed by atoms with E-state index in [1.807, 2.05) is 6.92 Å². The van der Waals surface area contributed by atoms with Crippen molar-refractivity contribution in [1.29, 1.82) is 0 Å². The fraction of sp³-hybridized carbons (Fsp3) is 0.412. The lowest BCUT2D eigenvalue weighted by atomic mass is 9.88. The van der Waals surface area contributed by atoms with Crippen LogP contribution in [0.15, 0.2) is 18.2 Å². The molecule has 7 heteroatoms. The molecule has 0 saturated carbocycles. The third-order valence-corrected chi connectivity index (χ3v) is 5.85. The molecule has 1 saturated heterocycles. The molecule has 5 nitrogen and oxygen atoms in total. The lowest BCUT2D eigenvalue weighted by Gasteiger charge is -2.23. The molecule has 1 aromatic heterocycles. The van der Waals surface area contributed by atoms with Gasteiger partial charge >= 0.3 is 5.97 Å². The Morgan fingerprint density at radius 1 is 1.46 bits per heavy atom. The van der Waals surface area contributed by atoms with E-state index in [-0.39, 0.29) is 24.9 Å². The van der Waals surface area contributed by atoms with E-state index in [9.17, 15) is 19.1 Å². The zero-order valence-electron chi connectivity index (χ0n) is 13.5. The molecule has 3 rings (SSSR count). The van der Waals surface area contributed by atoms with E-state index in [2.05, 4.69) is 0 Å². The number of benzene rings is 1. The summed E-state index contributed by atoms with van der Waals surface area (Å²) in [7, 11) is 1.46. The quantitative estimate of drug-likeness (QED) is 0.920. The molecule has 1 aromatic carbocycles. The Balaban J connectivity index is 1.90. The number of likely N-dealkylation sites (tertiary alicyclic amines) is 1. The monoisotopic (exact) mass is 351 g/mol. The van der Waals surface area contributed by atoms with Crippen molar-refractivity contribution in [2.45, 2.75) is 13.3 Å². The van der Waals surface area contributed by atoms with Gasteiger partial charge in [0.15, 0.2) is 0 Å². The van der Waals surface area contributed by atoms with Crippen molar-refractivity contribution in [3.05, 3.63) is 34.5 Å². The lowest BCUT2D eigenvalue weighted by molar-refractivity contribution is -0.151. The van der Waals surface area contributed by atoms with Crippen LogP contribution in [0.1, 0.15) is 21.7 Å². The number of amides is 1. The van der Waals surface area contributed by atoms with E-state index in [1.165, 1.54) is 30.6 Å². The number of hydrogen-bond donors (Lipinski definition) is 1. The number of halogens is 1. The topological polar surface area (TPSA) is 66.8 Å². The summed E-state index contributed by atoms with van der Waals surface area (Å²) in [5.41, 5.74) is -0.249. The normalized spacial score (nSPS) is 20.7. The average Bonchev–Trinajstić information content (AvgIpc) is 3.10. The van der Waals surface area contributed by atoms with Crippen LogP contribution in [0.4, 0.5) is 4.39 Å². The molecule has 1 fully saturated rings. The Morgan fingerprint density at radius 3 is 2.88 bits per heavy atom. The summed E-state index contributed by atoms with van der Waals surface area (Å²) in [6, 6.07) is 4.46. The van der Waals surface area contributed by atoms with Crippen LogP contribution in [-0.4, -0.2) is 48.7 Å². The second-order valence-corrected chi connectivity index (χ2v) is 7.24. The molecule has 2 aromatic rings. The van der Waals surface area contributed by atoms with Gasteiger partial charge in [-0.05, 0) is 36.4 Å². The van der Waals surface area contributed by atoms with Gasteiger partial charge in [-0.15, -0.1) is 11.3 Å². The predicted octanol–water partition coefficient (Wildman–Crippen LogP) is 2.91. The third kappa shape index (κ3) is 2.67. The predicted molar refractivity (Wildman–Crippen MR) is 89.0 cm³/mol. The number of fused-ring (bicyclic) bond motifs is 1. The van der Waals surface area contributed by atoms with Crippen LogP contribution in [0.25, 0.3) is 10.1 Å². The summed E-state index contributed by atoms with van der Waals surface area (Å²) in [6.45, 7) is 2.40. The molecule has 0 radical (unpaired) electrons. The van der Waals surface area contributed by atoms with Gasteiger partial charge in [0.25, 0.3) is 5.91 Å². The molecule has 1 N–H and O–H groups in total. The van der Waals surface area contributed by atoms with Gasteiger partial charge in [0.2, 0.25) is 0 Å². The number of hydrogen-bond acceptors (Lipinski definition) is 4. The molecule has 0 spiro atoms. The van der Waals surface area contributed by atoms with Crippen molar-refractivity contribution < 1.29 is 23.8 Å². The summed E-state index contributed by atoms with van der Waals surface area (Å²) in [5.74, 6) is -1.49. The summed E-state index contributed by atoms with van der Waals surface area (Å²) in [4.78, 5) is 26.5. The Hall–Kier alpha value is -1.99. The Kier molecular flexibility index (Phi) is 4.31. The van der Waals surface area contributed by atoms with E-state index >= 15 is 0 Å². The fourth-order valence-electron chi connectivity index (χ4n) is 3.22. The number of nitrogens with zero attached hydrogens (tertiary/aromatic N) is 1. The maximum Gasteiger partial charge on any atom is 0.313 e. The number of thiophene rings is 1. The Labute approximate surface area is 142 Å². The van der Waals surface area contributed by atoms with Crippen molar-refractivity contribution in [2.75, 3.05) is 26.8 Å². The van der Waals surface area contributed by atoms with Crippen molar-refractivity contribution in [2.24, 2.45) is 5.41 Å². The van der Waals surface area contributed by atoms with E-state index in [0.29, 0.717) is 17.8 Å². The number of methoxy groups -OCH3 is 1. The van der Waals surface area contributed by atoms with Crippen LogP contribution in [0.2, 0.25) is 0 Å². The largest absolute Gasteiger partial charge is 0.481 e. The number of aliphatic carboxylic acids is 1. The van der Waals surface area contributed by atoms with Gasteiger partial charge in [0.05, 0.1) is 11.5 Å². The van der Waals surface area contributed by atoms with E-state index in [4.69, 9.17) is 4.74 Å². The molecular formula is C17H18FNO4S. The molecule has 24 heavy (non-hydrogen) atoms. The van der Waals surface area contributed by atoms with Gasteiger partial charge in [-0.2, -0.15) is 0 Å². The standard InChI is InChI=1S/C17H18FNO4S/c1-10-12-4-3-11(18)7-13(12)24-14(10)15(20)19-6-5-17(8-19,9-23-2)16(21)22/h3-4,7H,5-6,8-9H2,1-2H3,(H,21,22). The number of carboxylic acids is 1. The third-order valence-electron chi connectivity index (χ3n) is 4.61. The molecule has 1 aliphatic heterocycles. The zero-order chi connectivity index (χ0) is 17.5. The molecular weight excluding hydrogens is 333 g/mol. The maximum absolute atomic E-state index is 13.4. The van der Waals surface area contributed by atoms with Crippen molar-refractivity contribution in [3.8, 4) is 0 Å². The fourth-order valence-corrected chi connectivity index (χ4v) is 4.43. The SMILES string of the molecule is COCC1(C(=O)O)CCN(C(=O)c2sc3cc(F)ccc3c2C)C1. The molecule has 1 unspecified atom stereocenters. The number of aryl methyl sites for hydroxylation is 1. The number of carbonyl (C=O) groups excluding carboxylic acids is 1.